The van der Waals surface area contributed by atoms with E-state index in [4.69, 9.17) is 4.42 Å². The van der Waals surface area contributed by atoms with Gasteiger partial charge >= 0.3 is 0 Å². The summed E-state index contributed by atoms with van der Waals surface area (Å²) in [4.78, 5) is 0. The molecule has 0 radical (unpaired) electrons. The van der Waals surface area contributed by atoms with Crippen molar-refractivity contribution in [3.8, 4) is 11.4 Å². The van der Waals surface area contributed by atoms with Gasteiger partial charge in [0.05, 0.1) is 11.8 Å². The Labute approximate surface area is 133 Å². The maximum atomic E-state index is 5.33. The van der Waals surface area contributed by atoms with Gasteiger partial charge in [-0.05, 0) is 18.6 Å². The van der Waals surface area contributed by atoms with Gasteiger partial charge in [0.2, 0.25) is 0 Å². The fourth-order valence-electron chi connectivity index (χ4n) is 2.16. The average Bonchev–Trinajstić information content (AvgIpc) is 3.11. The number of hydrogen-bond acceptors (Lipinski definition) is 4. The summed E-state index contributed by atoms with van der Waals surface area (Å²) in [5.41, 5.74) is 2.19. The number of nitrogens with zero attached hydrogens (tertiary/aromatic N) is 3. The minimum absolute atomic E-state index is 0.834. The predicted octanol–water partition coefficient (Wildman–Crippen LogP) is 4.19. The largest absolute Gasteiger partial charge is 0.469 e. The van der Waals surface area contributed by atoms with Crippen LogP contribution in [0.5, 0.6) is 0 Å². The molecule has 0 N–H and O–H groups in total. The molecular weight excluding hydrogens is 294 g/mol. The highest BCUT2D eigenvalue weighted by Gasteiger charge is 2.14. The Hall–Kier alpha value is -2.27. The van der Waals surface area contributed by atoms with Crippen molar-refractivity contribution >= 4 is 17.8 Å². The van der Waals surface area contributed by atoms with Crippen molar-refractivity contribution in [1.82, 2.24) is 14.8 Å². The maximum Gasteiger partial charge on any atom is 0.191 e. The molecule has 3 aromatic rings. The fourth-order valence-corrected chi connectivity index (χ4v) is 2.88. The lowest BCUT2D eigenvalue weighted by atomic mass is 10.2. The molecule has 2 heterocycles. The topological polar surface area (TPSA) is 43.9 Å². The molecule has 0 saturated carbocycles. The molecule has 112 valence electrons. The van der Waals surface area contributed by atoms with Crippen molar-refractivity contribution < 1.29 is 4.42 Å². The number of rotatable bonds is 5. The van der Waals surface area contributed by atoms with Gasteiger partial charge in [0.1, 0.15) is 5.76 Å². The van der Waals surface area contributed by atoms with Crippen LogP contribution in [0.3, 0.4) is 0 Å². The first-order valence-corrected chi connectivity index (χ1v) is 8.02. The van der Waals surface area contributed by atoms with Crippen LogP contribution in [-0.4, -0.2) is 20.5 Å². The summed E-state index contributed by atoms with van der Waals surface area (Å²) in [5.74, 6) is 2.54. The Kier molecular flexibility index (Phi) is 4.44. The molecule has 0 fully saturated rings. The first kappa shape index (κ1) is 14.7. The molecule has 1 aromatic carbocycles. The van der Waals surface area contributed by atoms with Crippen LogP contribution >= 0.6 is 11.8 Å². The smallest absolute Gasteiger partial charge is 0.191 e. The summed E-state index contributed by atoms with van der Waals surface area (Å²) >= 11 is 1.66. The summed E-state index contributed by atoms with van der Waals surface area (Å²) in [7, 11) is 1.98. The number of benzene rings is 1. The molecule has 0 aliphatic heterocycles. The van der Waals surface area contributed by atoms with Crippen molar-refractivity contribution in [1.29, 1.82) is 0 Å². The summed E-state index contributed by atoms with van der Waals surface area (Å²) < 4.78 is 7.33. The zero-order valence-corrected chi connectivity index (χ0v) is 13.4. The second kappa shape index (κ2) is 6.66. The zero-order chi connectivity index (χ0) is 15.4. The van der Waals surface area contributed by atoms with Crippen LogP contribution in [0, 0.1) is 6.92 Å². The van der Waals surface area contributed by atoms with Crippen molar-refractivity contribution in [3.05, 3.63) is 60.1 Å². The van der Waals surface area contributed by atoms with E-state index in [1.807, 2.05) is 42.8 Å². The fraction of sp³-hybridized carbons (Fsp3) is 0.176. The summed E-state index contributed by atoms with van der Waals surface area (Å²) in [6, 6.07) is 12.2. The third kappa shape index (κ3) is 3.14. The van der Waals surface area contributed by atoms with E-state index in [0.29, 0.717) is 0 Å². The zero-order valence-electron chi connectivity index (χ0n) is 12.6. The van der Waals surface area contributed by atoms with Crippen molar-refractivity contribution in [2.24, 2.45) is 7.05 Å². The summed E-state index contributed by atoms with van der Waals surface area (Å²) in [5, 5.41) is 9.42. The first-order valence-electron chi connectivity index (χ1n) is 7.04. The Balaban J connectivity index is 1.66. The highest BCUT2D eigenvalue weighted by molar-refractivity contribution is 7.99. The third-order valence-electron chi connectivity index (χ3n) is 3.35. The van der Waals surface area contributed by atoms with Crippen molar-refractivity contribution in [3.63, 3.8) is 0 Å². The second-order valence-electron chi connectivity index (χ2n) is 4.88. The molecule has 0 amide bonds. The molecule has 2 aromatic heterocycles. The van der Waals surface area contributed by atoms with Crippen LogP contribution in [-0.2, 0) is 7.05 Å². The van der Waals surface area contributed by atoms with Gasteiger partial charge in [-0.1, -0.05) is 54.2 Å². The summed E-state index contributed by atoms with van der Waals surface area (Å²) in [6.45, 7) is 1.93. The Morgan fingerprint density at radius 2 is 2.00 bits per heavy atom. The molecule has 0 spiro atoms. The molecule has 0 aliphatic rings. The number of hydrogen-bond donors (Lipinski definition) is 0. The first-order chi connectivity index (χ1) is 10.8. The Morgan fingerprint density at radius 3 is 2.73 bits per heavy atom. The number of aryl methyl sites for hydroxylation is 1. The van der Waals surface area contributed by atoms with Crippen LogP contribution in [0.25, 0.3) is 17.5 Å². The molecule has 22 heavy (non-hydrogen) atoms. The Bertz CT molecular complexity index is 774. The Morgan fingerprint density at radius 1 is 1.18 bits per heavy atom. The average molecular weight is 311 g/mol. The van der Waals surface area contributed by atoms with Gasteiger partial charge in [-0.2, -0.15) is 0 Å². The maximum absolute atomic E-state index is 5.33. The molecule has 0 bridgehead atoms. The molecule has 3 rings (SSSR count). The van der Waals surface area contributed by atoms with Crippen LogP contribution in [0.4, 0.5) is 0 Å². The number of aromatic nitrogens is 3. The van der Waals surface area contributed by atoms with Crippen molar-refractivity contribution in [2.75, 3.05) is 5.75 Å². The predicted molar refractivity (Wildman–Crippen MR) is 89.6 cm³/mol. The minimum atomic E-state index is 0.834. The van der Waals surface area contributed by atoms with Crippen LogP contribution in [0.1, 0.15) is 11.3 Å². The molecule has 0 aliphatic carbocycles. The lowest BCUT2D eigenvalue weighted by Crippen LogP contribution is -1.95. The lowest BCUT2D eigenvalue weighted by molar-refractivity contribution is 0.534. The van der Waals surface area contributed by atoms with Gasteiger partial charge < -0.3 is 8.98 Å². The minimum Gasteiger partial charge on any atom is -0.469 e. The lowest BCUT2D eigenvalue weighted by Gasteiger charge is -2.01. The van der Waals surface area contributed by atoms with Crippen LogP contribution < -0.4 is 0 Å². The van der Waals surface area contributed by atoms with Gasteiger partial charge in [-0.3, -0.25) is 0 Å². The quantitative estimate of drug-likeness (QED) is 0.663. The SMILES string of the molecule is Cc1occc1-c1nnc(SC/C=C/c2ccccc2)n1C. The molecule has 0 atom stereocenters. The molecule has 0 saturated heterocycles. The third-order valence-corrected chi connectivity index (χ3v) is 4.33. The van der Waals surface area contributed by atoms with Crippen LogP contribution in [0.2, 0.25) is 0 Å². The second-order valence-corrected chi connectivity index (χ2v) is 5.87. The summed E-state index contributed by atoms with van der Waals surface area (Å²) in [6.07, 6.45) is 5.93. The van der Waals surface area contributed by atoms with E-state index in [9.17, 15) is 0 Å². The normalized spacial score (nSPS) is 11.4. The van der Waals surface area contributed by atoms with E-state index in [0.717, 1.165) is 28.1 Å². The van der Waals surface area contributed by atoms with Gasteiger partial charge in [-0.15, -0.1) is 10.2 Å². The van der Waals surface area contributed by atoms with E-state index in [1.54, 1.807) is 18.0 Å². The molecule has 5 heteroatoms. The van der Waals surface area contributed by atoms with E-state index >= 15 is 0 Å². The van der Waals surface area contributed by atoms with Crippen molar-refractivity contribution in [2.45, 2.75) is 12.1 Å². The van der Waals surface area contributed by atoms with Gasteiger partial charge in [-0.25, -0.2) is 0 Å². The standard InChI is InChI=1S/C17H17N3OS/c1-13-15(10-11-21-13)16-18-19-17(20(16)2)22-12-6-9-14-7-4-3-5-8-14/h3-11H,12H2,1-2H3/b9-6+. The number of thioether (sulfide) groups is 1. The highest BCUT2D eigenvalue weighted by atomic mass is 32.2. The van der Waals surface area contributed by atoms with Gasteiger partial charge in [0, 0.05) is 12.8 Å². The molecular formula is C17H17N3OS. The van der Waals surface area contributed by atoms with Gasteiger partial charge in [0.15, 0.2) is 11.0 Å². The van der Waals surface area contributed by atoms with Gasteiger partial charge in [0.25, 0.3) is 0 Å². The van der Waals surface area contributed by atoms with E-state index in [-0.39, 0.29) is 0 Å². The van der Waals surface area contributed by atoms with E-state index in [2.05, 4.69) is 34.5 Å². The number of furan rings is 1. The molecule has 0 unspecified atom stereocenters. The van der Waals surface area contributed by atoms with E-state index < -0.39 is 0 Å². The molecule has 4 nitrogen and oxygen atoms in total. The van der Waals surface area contributed by atoms with E-state index in [1.165, 1.54) is 5.56 Å². The van der Waals surface area contributed by atoms with Crippen LogP contribution in [0.15, 0.2) is 58.3 Å². The monoisotopic (exact) mass is 311 g/mol. The highest BCUT2D eigenvalue weighted by Crippen LogP contribution is 2.25.